The van der Waals surface area contributed by atoms with Crippen molar-refractivity contribution >= 4 is 11.8 Å². The molecule has 6 heteroatoms. The fourth-order valence-electron chi connectivity index (χ4n) is 4.82. The minimum Gasteiger partial charge on any atom is -0.481 e. The first-order valence-corrected chi connectivity index (χ1v) is 12.7. The Labute approximate surface area is 194 Å². The molecule has 1 aliphatic heterocycles. The number of aryl methyl sites for hydroxylation is 2. The summed E-state index contributed by atoms with van der Waals surface area (Å²) in [6, 6.07) is 0. The molecule has 1 saturated heterocycles. The van der Waals surface area contributed by atoms with E-state index in [9.17, 15) is 9.59 Å². The number of carbonyl (C=O) groups is 2. The normalized spacial score (nSPS) is 18.7. The van der Waals surface area contributed by atoms with Gasteiger partial charge in [-0.05, 0) is 38.2 Å². The average molecular weight is 449 g/mol. The summed E-state index contributed by atoms with van der Waals surface area (Å²) < 4.78 is 5.38. The molecule has 1 aromatic rings. The minimum absolute atomic E-state index is 0.168. The number of hydrogen-bond acceptors (Lipinski definition) is 4. The number of carboxylic acid groups (broad SMARTS) is 1. The maximum absolute atomic E-state index is 12.8. The van der Waals surface area contributed by atoms with Crippen LogP contribution in [0.15, 0.2) is 0 Å². The number of carbonyl (C=O) groups excluding carboxylic acids is 1. The number of aromatic amines is 1. The van der Waals surface area contributed by atoms with Crippen molar-refractivity contribution in [2.45, 2.75) is 91.4 Å². The van der Waals surface area contributed by atoms with Gasteiger partial charge in [-0.25, -0.2) is 0 Å². The second-order valence-electron chi connectivity index (χ2n) is 9.21. The van der Waals surface area contributed by atoms with E-state index >= 15 is 0 Å². The smallest absolute Gasteiger partial charge is 0.303 e. The van der Waals surface area contributed by atoms with Crippen LogP contribution in [0, 0.1) is 12.8 Å². The third kappa shape index (κ3) is 8.36. The van der Waals surface area contributed by atoms with Crippen LogP contribution in [0.5, 0.6) is 0 Å². The van der Waals surface area contributed by atoms with Crippen LogP contribution in [-0.2, 0) is 22.4 Å². The molecule has 0 radical (unpaired) electrons. The molecule has 0 amide bonds. The molecule has 0 bridgehead atoms. The third-order valence-electron chi connectivity index (χ3n) is 6.68. The lowest BCUT2D eigenvalue weighted by atomic mass is 9.83. The van der Waals surface area contributed by atoms with E-state index < -0.39 is 5.97 Å². The molecule has 1 fully saturated rings. The molecule has 0 saturated carbocycles. The average Bonchev–Trinajstić information content (AvgIpc) is 3.12. The largest absolute Gasteiger partial charge is 0.481 e. The number of ketones is 1. The quantitative estimate of drug-likeness (QED) is 0.456. The van der Waals surface area contributed by atoms with Crippen LogP contribution in [0.4, 0.5) is 0 Å². The van der Waals surface area contributed by atoms with Crippen LogP contribution in [0.1, 0.15) is 98.9 Å². The van der Waals surface area contributed by atoms with E-state index in [2.05, 4.69) is 30.7 Å². The van der Waals surface area contributed by atoms with Gasteiger partial charge in [-0.15, -0.1) is 0 Å². The molecule has 6 nitrogen and oxygen atoms in total. The van der Waals surface area contributed by atoms with Crippen LogP contribution in [0.3, 0.4) is 0 Å². The fourth-order valence-corrected chi connectivity index (χ4v) is 4.82. The predicted molar refractivity (Wildman–Crippen MR) is 129 cm³/mol. The summed E-state index contributed by atoms with van der Waals surface area (Å²) in [5.74, 6) is -0.136. The van der Waals surface area contributed by atoms with Gasteiger partial charge in [-0.1, -0.05) is 52.4 Å². The Morgan fingerprint density at radius 1 is 1.09 bits per heavy atom. The Morgan fingerprint density at radius 2 is 1.75 bits per heavy atom. The van der Waals surface area contributed by atoms with E-state index in [-0.39, 0.29) is 5.92 Å². The Bertz CT molecular complexity index is 707. The van der Waals surface area contributed by atoms with E-state index in [1.54, 1.807) is 0 Å². The second-order valence-corrected chi connectivity index (χ2v) is 9.21. The zero-order chi connectivity index (χ0) is 23.3. The number of rotatable bonds is 11. The van der Waals surface area contributed by atoms with Crippen molar-refractivity contribution in [2.24, 2.45) is 5.92 Å². The standard InChI is InChI=1S/C16H24N2O2.C10H20O2/c1-3-13-11(2)17-14-5-4-12(16(19)15(13)14)10-18-6-8-20-9-7-18;1-2-3-4-5-6-7-8-9-10(11)12/h12,17H,3-10H2,1-2H3;2-9H2,1H3,(H,11,12). The number of nitrogens with one attached hydrogen (secondary N) is 1. The molecule has 1 atom stereocenters. The van der Waals surface area contributed by atoms with Gasteiger partial charge >= 0.3 is 5.97 Å². The molecule has 32 heavy (non-hydrogen) atoms. The summed E-state index contributed by atoms with van der Waals surface area (Å²) in [5.41, 5.74) is 4.59. The van der Waals surface area contributed by atoms with E-state index in [1.165, 1.54) is 49.1 Å². The fraction of sp³-hybridized carbons (Fsp3) is 0.769. The lowest BCUT2D eigenvalue weighted by Gasteiger charge is -2.31. The summed E-state index contributed by atoms with van der Waals surface area (Å²) >= 11 is 0. The summed E-state index contributed by atoms with van der Waals surface area (Å²) in [6.45, 7) is 10.8. The highest BCUT2D eigenvalue weighted by Crippen LogP contribution is 2.30. The molecule has 1 unspecified atom stereocenters. The first kappa shape index (κ1) is 26.6. The lowest BCUT2D eigenvalue weighted by molar-refractivity contribution is -0.137. The van der Waals surface area contributed by atoms with Gasteiger partial charge in [0, 0.05) is 48.9 Å². The van der Waals surface area contributed by atoms with Crippen LogP contribution < -0.4 is 0 Å². The van der Waals surface area contributed by atoms with Crippen molar-refractivity contribution in [3.63, 3.8) is 0 Å². The Balaban J connectivity index is 0.000000262. The van der Waals surface area contributed by atoms with Gasteiger partial charge in [-0.2, -0.15) is 0 Å². The molecule has 1 aliphatic carbocycles. The number of carboxylic acids is 1. The summed E-state index contributed by atoms with van der Waals surface area (Å²) in [5, 5.41) is 8.35. The number of H-pyrrole nitrogens is 1. The molecular formula is C26H44N2O4. The van der Waals surface area contributed by atoms with Gasteiger partial charge in [0.25, 0.3) is 0 Å². The highest BCUT2D eigenvalue weighted by atomic mass is 16.5. The van der Waals surface area contributed by atoms with E-state index in [0.717, 1.165) is 70.5 Å². The molecule has 0 aromatic carbocycles. The number of hydrogen-bond donors (Lipinski definition) is 2. The maximum Gasteiger partial charge on any atom is 0.303 e. The van der Waals surface area contributed by atoms with Crippen molar-refractivity contribution in [3.8, 4) is 0 Å². The van der Waals surface area contributed by atoms with Crippen molar-refractivity contribution in [1.29, 1.82) is 0 Å². The van der Waals surface area contributed by atoms with Crippen molar-refractivity contribution in [2.75, 3.05) is 32.8 Å². The van der Waals surface area contributed by atoms with Gasteiger partial charge in [0.2, 0.25) is 0 Å². The Morgan fingerprint density at radius 3 is 2.38 bits per heavy atom. The lowest BCUT2D eigenvalue weighted by Crippen LogP contribution is -2.42. The van der Waals surface area contributed by atoms with E-state index in [4.69, 9.17) is 9.84 Å². The number of Topliss-reactive ketones (excluding diaryl/α,β-unsaturated/α-hetero) is 1. The number of fused-ring (bicyclic) bond motifs is 1. The van der Waals surface area contributed by atoms with Crippen LogP contribution in [0.25, 0.3) is 0 Å². The van der Waals surface area contributed by atoms with Crippen molar-refractivity contribution in [1.82, 2.24) is 9.88 Å². The maximum atomic E-state index is 12.8. The van der Waals surface area contributed by atoms with Crippen LogP contribution >= 0.6 is 0 Å². The molecule has 3 rings (SSSR count). The number of aromatic nitrogens is 1. The summed E-state index contributed by atoms with van der Waals surface area (Å²) in [6.07, 6.45) is 11.6. The monoisotopic (exact) mass is 448 g/mol. The third-order valence-corrected chi connectivity index (χ3v) is 6.68. The molecular weight excluding hydrogens is 404 g/mol. The predicted octanol–water partition coefficient (Wildman–Crippen LogP) is 5.17. The molecule has 0 spiro atoms. The number of morpholine rings is 1. The van der Waals surface area contributed by atoms with Gasteiger partial charge in [0.1, 0.15) is 0 Å². The SMILES string of the molecule is CCCCCCCCCC(=O)O.CCc1c(C)[nH]c2c1C(=O)C(CN1CCOCC1)CC2. The Kier molecular flexibility index (Phi) is 12.0. The summed E-state index contributed by atoms with van der Waals surface area (Å²) in [7, 11) is 0. The topological polar surface area (TPSA) is 82.6 Å². The molecule has 2 N–H and O–H groups in total. The van der Waals surface area contributed by atoms with Crippen LogP contribution in [0.2, 0.25) is 0 Å². The van der Waals surface area contributed by atoms with Gasteiger partial charge in [0.15, 0.2) is 5.78 Å². The molecule has 2 heterocycles. The first-order valence-electron chi connectivity index (χ1n) is 12.7. The molecule has 182 valence electrons. The zero-order valence-electron chi connectivity index (χ0n) is 20.5. The van der Waals surface area contributed by atoms with Gasteiger partial charge < -0.3 is 14.8 Å². The number of ether oxygens (including phenoxy) is 1. The number of unbranched alkanes of at least 4 members (excludes halogenated alkanes) is 6. The number of nitrogens with zero attached hydrogens (tertiary/aromatic N) is 1. The highest BCUT2D eigenvalue weighted by molar-refractivity contribution is 6.01. The van der Waals surface area contributed by atoms with Crippen LogP contribution in [-0.4, -0.2) is 59.6 Å². The van der Waals surface area contributed by atoms with Gasteiger partial charge in [0.05, 0.1) is 13.2 Å². The first-order chi connectivity index (χ1) is 15.5. The molecule has 1 aromatic heterocycles. The van der Waals surface area contributed by atoms with E-state index in [1.807, 2.05) is 0 Å². The van der Waals surface area contributed by atoms with Crippen molar-refractivity contribution in [3.05, 3.63) is 22.5 Å². The minimum atomic E-state index is -0.663. The number of aliphatic carboxylic acids is 1. The van der Waals surface area contributed by atoms with Gasteiger partial charge in [-0.3, -0.25) is 14.5 Å². The summed E-state index contributed by atoms with van der Waals surface area (Å²) in [4.78, 5) is 28.7. The van der Waals surface area contributed by atoms with Crippen molar-refractivity contribution < 1.29 is 19.4 Å². The second kappa shape index (κ2) is 14.5. The Hall–Kier alpha value is -1.66. The van der Waals surface area contributed by atoms with E-state index in [0.29, 0.717) is 12.2 Å². The molecule has 2 aliphatic rings. The highest BCUT2D eigenvalue weighted by Gasteiger charge is 2.32. The zero-order valence-corrected chi connectivity index (χ0v) is 20.5.